The van der Waals surface area contributed by atoms with Gasteiger partial charge in [0.15, 0.2) is 11.6 Å². The number of aryl methyl sites for hydroxylation is 1. The van der Waals surface area contributed by atoms with Crippen LogP contribution in [0.15, 0.2) is 42.6 Å². The first-order valence-corrected chi connectivity index (χ1v) is 13.1. The number of carbonyl (C=O) groups is 1. The number of rotatable bonds is 10. The molecule has 7 nitrogen and oxygen atoms in total. The van der Waals surface area contributed by atoms with Crippen LogP contribution in [0, 0.1) is 17.0 Å². The number of methoxy groups -OCH3 is 1. The lowest BCUT2D eigenvalue weighted by molar-refractivity contribution is -0.143. The molecule has 2 heterocycles. The van der Waals surface area contributed by atoms with E-state index in [9.17, 15) is 23.9 Å². The molecule has 0 spiro atoms. The van der Waals surface area contributed by atoms with E-state index >= 15 is 0 Å². The van der Waals surface area contributed by atoms with Gasteiger partial charge >= 0.3 is 0 Å². The summed E-state index contributed by atoms with van der Waals surface area (Å²) in [5, 5.41) is 21.6. The number of aromatic nitrogens is 1. The Labute approximate surface area is 225 Å². The molecule has 1 amide bonds. The number of hydroxylamine groups is 1. The molecule has 0 saturated carbocycles. The van der Waals surface area contributed by atoms with E-state index in [1.807, 2.05) is 5.48 Å². The molecule has 1 fully saturated rings. The van der Waals surface area contributed by atoms with E-state index in [-0.39, 0.29) is 6.42 Å². The highest BCUT2D eigenvalue weighted by molar-refractivity contribution is 6.32. The Bertz CT molecular complexity index is 1280. The zero-order valence-corrected chi connectivity index (χ0v) is 22.0. The van der Waals surface area contributed by atoms with Gasteiger partial charge < -0.3 is 14.7 Å². The van der Waals surface area contributed by atoms with Crippen molar-refractivity contribution in [3.05, 3.63) is 70.4 Å². The van der Waals surface area contributed by atoms with E-state index in [1.54, 1.807) is 31.4 Å². The second kappa shape index (κ2) is 12.3. The number of amides is 1. The minimum absolute atomic E-state index is 0.252. The molecule has 2 aromatic carbocycles. The third kappa shape index (κ3) is 6.07. The Kier molecular flexibility index (Phi) is 9.15. The van der Waals surface area contributed by atoms with Crippen LogP contribution in [-0.4, -0.2) is 52.8 Å². The SMILES string of the molecule is COc1ccc2ncc(Cl)c(C(O)CCC3(C(=O)NO)CCN(CCCc4cccc(F)c4F)CC3)c2c1. The molecule has 4 rings (SSSR count). The number of aliphatic hydroxyl groups is 1. The van der Waals surface area contributed by atoms with E-state index < -0.39 is 29.1 Å². The molecular formula is C28H32ClF2N3O4. The fraction of sp³-hybridized carbons (Fsp3) is 0.429. The van der Waals surface area contributed by atoms with Gasteiger partial charge in [0.05, 0.1) is 29.2 Å². The van der Waals surface area contributed by atoms with Gasteiger partial charge in [-0.15, -0.1) is 0 Å². The van der Waals surface area contributed by atoms with Crippen LogP contribution >= 0.6 is 11.6 Å². The number of ether oxygens (including phenoxy) is 1. The third-order valence-corrected chi connectivity index (χ3v) is 7.95. The third-order valence-electron chi connectivity index (χ3n) is 7.65. The zero-order chi connectivity index (χ0) is 27.3. The second-order valence-electron chi connectivity index (χ2n) is 9.84. The number of halogens is 3. The van der Waals surface area contributed by atoms with Crippen LogP contribution in [0.1, 0.15) is 49.3 Å². The molecule has 1 aliphatic rings. The van der Waals surface area contributed by atoms with Crippen molar-refractivity contribution in [3.63, 3.8) is 0 Å². The van der Waals surface area contributed by atoms with Gasteiger partial charge in [0.25, 0.3) is 0 Å². The van der Waals surface area contributed by atoms with Gasteiger partial charge in [0.1, 0.15) is 5.75 Å². The summed E-state index contributed by atoms with van der Waals surface area (Å²) in [6.07, 6.45) is 3.17. The maximum Gasteiger partial charge on any atom is 0.249 e. The molecule has 1 aliphatic heterocycles. The predicted octanol–water partition coefficient (Wildman–Crippen LogP) is 5.21. The van der Waals surface area contributed by atoms with Crippen molar-refractivity contribution >= 4 is 28.4 Å². The number of pyridine rings is 1. The van der Waals surface area contributed by atoms with Gasteiger partial charge in [-0.05, 0) is 88.0 Å². The molecule has 1 atom stereocenters. The minimum atomic E-state index is -0.956. The number of fused-ring (bicyclic) bond motifs is 1. The molecule has 0 radical (unpaired) electrons. The van der Waals surface area contributed by atoms with Crippen molar-refractivity contribution in [2.45, 2.75) is 44.6 Å². The summed E-state index contributed by atoms with van der Waals surface area (Å²) in [6, 6.07) is 9.54. The Balaban J connectivity index is 1.40. The summed E-state index contributed by atoms with van der Waals surface area (Å²) in [6.45, 7) is 1.88. The first kappa shape index (κ1) is 28.2. The molecule has 1 saturated heterocycles. The quantitative estimate of drug-likeness (QED) is 0.238. The van der Waals surface area contributed by atoms with Crippen molar-refractivity contribution in [2.24, 2.45) is 5.41 Å². The number of nitrogens with zero attached hydrogens (tertiary/aromatic N) is 2. The highest BCUT2D eigenvalue weighted by Gasteiger charge is 2.41. The zero-order valence-electron chi connectivity index (χ0n) is 21.2. The van der Waals surface area contributed by atoms with Gasteiger partial charge in [0.2, 0.25) is 5.91 Å². The van der Waals surface area contributed by atoms with Crippen LogP contribution in [0.25, 0.3) is 10.9 Å². The topological polar surface area (TPSA) is 94.9 Å². The summed E-state index contributed by atoms with van der Waals surface area (Å²) < 4.78 is 32.7. The predicted molar refractivity (Wildman–Crippen MR) is 140 cm³/mol. The van der Waals surface area contributed by atoms with Crippen molar-refractivity contribution in [2.75, 3.05) is 26.7 Å². The maximum absolute atomic E-state index is 13.9. The summed E-state index contributed by atoms with van der Waals surface area (Å²) in [4.78, 5) is 19.3. The van der Waals surface area contributed by atoms with E-state index in [1.165, 1.54) is 12.3 Å². The fourth-order valence-electron chi connectivity index (χ4n) is 5.34. The molecule has 1 aromatic heterocycles. The van der Waals surface area contributed by atoms with E-state index in [0.29, 0.717) is 84.5 Å². The summed E-state index contributed by atoms with van der Waals surface area (Å²) in [5.74, 6) is -1.51. The number of nitrogens with one attached hydrogen (secondary N) is 1. The largest absolute Gasteiger partial charge is 0.497 e. The van der Waals surface area contributed by atoms with Gasteiger partial charge in [-0.3, -0.25) is 15.0 Å². The van der Waals surface area contributed by atoms with Gasteiger partial charge in [-0.2, -0.15) is 0 Å². The standard InChI is InChI=1S/C28H32ClF2N3O4/c1-38-19-7-8-23-20(16-19)25(21(29)17-32-23)24(35)9-10-28(27(36)33-37)11-14-34(15-12-28)13-3-5-18-4-2-6-22(30)26(18)31/h2,4,6-8,16-17,24,35,37H,3,5,9-15H2,1H3,(H,33,36). The number of likely N-dealkylation sites (tertiary alicyclic amines) is 1. The lowest BCUT2D eigenvalue weighted by Gasteiger charge is -2.40. The van der Waals surface area contributed by atoms with Crippen LogP contribution in [0.4, 0.5) is 8.78 Å². The number of hydrogen-bond donors (Lipinski definition) is 3. The lowest BCUT2D eigenvalue weighted by Crippen LogP contribution is -2.48. The van der Waals surface area contributed by atoms with Crippen molar-refractivity contribution < 1.29 is 28.6 Å². The van der Waals surface area contributed by atoms with Crippen LogP contribution in [0.5, 0.6) is 5.75 Å². The van der Waals surface area contributed by atoms with Gasteiger partial charge in [-0.1, -0.05) is 23.7 Å². The average molecular weight is 548 g/mol. The number of aliphatic hydroxyl groups excluding tert-OH is 1. The first-order valence-electron chi connectivity index (χ1n) is 12.7. The second-order valence-corrected chi connectivity index (χ2v) is 10.2. The lowest BCUT2D eigenvalue weighted by atomic mass is 9.73. The van der Waals surface area contributed by atoms with E-state index in [0.717, 1.165) is 6.07 Å². The molecule has 3 aromatic rings. The normalized spacial score (nSPS) is 16.4. The van der Waals surface area contributed by atoms with Crippen molar-refractivity contribution in [1.29, 1.82) is 0 Å². The minimum Gasteiger partial charge on any atom is -0.497 e. The molecule has 1 unspecified atom stereocenters. The van der Waals surface area contributed by atoms with Crippen LogP contribution in [-0.2, 0) is 11.2 Å². The highest BCUT2D eigenvalue weighted by atomic mass is 35.5. The Morgan fingerprint density at radius 3 is 2.74 bits per heavy atom. The Morgan fingerprint density at radius 2 is 2.03 bits per heavy atom. The maximum atomic E-state index is 13.9. The smallest absolute Gasteiger partial charge is 0.249 e. The average Bonchev–Trinajstić information content (AvgIpc) is 2.93. The molecule has 3 N–H and O–H groups in total. The van der Waals surface area contributed by atoms with Crippen LogP contribution < -0.4 is 10.2 Å². The first-order chi connectivity index (χ1) is 18.3. The monoisotopic (exact) mass is 547 g/mol. The summed E-state index contributed by atoms with van der Waals surface area (Å²) in [5.41, 5.74) is 2.51. The molecule has 204 valence electrons. The fourth-order valence-corrected chi connectivity index (χ4v) is 5.62. The molecule has 0 aliphatic carbocycles. The molecular weight excluding hydrogens is 516 g/mol. The number of benzene rings is 2. The molecule has 38 heavy (non-hydrogen) atoms. The summed E-state index contributed by atoms with van der Waals surface area (Å²) >= 11 is 6.44. The number of carbonyl (C=O) groups excluding carboxylic acids is 1. The Hall–Kier alpha value is -2.85. The highest BCUT2D eigenvalue weighted by Crippen LogP contribution is 2.41. The van der Waals surface area contributed by atoms with Crippen LogP contribution in [0.3, 0.4) is 0 Å². The van der Waals surface area contributed by atoms with E-state index in [4.69, 9.17) is 16.3 Å². The van der Waals surface area contributed by atoms with Gasteiger partial charge in [-0.25, -0.2) is 14.3 Å². The van der Waals surface area contributed by atoms with Crippen molar-refractivity contribution in [3.8, 4) is 5.75 Å². The van der Waals surface area contributed by atoms with E-state index in [2.05, 4.69) is 9.88 Å². The van der Waals surface area contributed by atoms with Crippen molar-refractivity contribution in [1.82, 2.24) is 15.4 Å². The number of piperidine rings is 1. The van der Waals surface area contributed by atoms with Crippen LogP contribution in [0.2, 0.25) is 5.02 Å². The Morgan fingerprint density at radius 1 is 1.26 bits per heavy atom. The number of hydrogen-bond acceptors (Lipinski definition) is 6. The molecule has 0 bridgehead atoms. The van der Waals surface area contributed by atoms with Gasteiger partial charge in [0, 0.05) is 17.1 Å². The summed E-state index contributed by atoms with van der Waals surface area (Å²) in [7, 11) is 1.55. The molecule has 10 heteroatoms.